The maximum atomic E-state index is 12.3. The zero-order valence-corrected chi connectivity index (χ0v) is 13.9. The van der Waals surface area contributed by atoms with Gasteiger partial charge in [-0.15, -0.1) is 5.10 Å². The number of nitrogens with one attached hydrogen (secondary N) is 1. The van der Waals surface area contributed by atoms with Gasteiger partial charge >= 0.3 is 0 Å². The molecule has 0 bridgehead atoms. The second-order valence-electron chi connectivity index (χ2n) is 5.41. The van der Waals surface area contributed by atoms with Crippen molar-refractivity contribution in [2.45, 2.75) is 49.1 Å². The second-order valence-corrected chi connectivity index (χ2v) is 7.84. The Morgan fingerprint density at radius 1 is 1.35 bits per heavy atom. The molecule has 0 saturated heterocycles. The van der Waals surface area contributed by atoms with Crippen LogP contribution in [-0.4, -0.2) is 35.5 Å². The van der Waals surface area contributed by atoms with Crippen molar-refractivity contribution < 1.29 is 8.42 Å². The second kappa shape index (κ2) is 6.08. The third kappa shape index (κ3) is 3.57. The molecular weight excluding hydrogens is 346 g/mol. The van der Waals surface area contributed by atoms with Crippen LogP contribution in [0.5, 0.6) is 0 Å². The minimum absolute atomic E-state index is 0.0229. The van der Waals surface area contributed by atoms with Crippen LogP contribution in [0.2, 0.25) is 0 Å². The Bertz CT molecular complexity index is 544. The van der Waals surface area contributed by atoms with Gasteiger partial charge in [0.1, 0.15) is 0 Å². The molecule has 0 aliphatic heterocycles. The lowest BCUT2D eigenvalue weighted by Crippen LogP contribution is -2.49. The number of sulfonamides is 1. The molecule has 0 amide bonds. The largest absolute Gasteiger partial charge is 0.324 e. The van der Waals surface area contributed by atoms with E-state index in [0.29, 0.717) is 0 Å². The molecule has 1 aromatic heterocycles. The Hall–Kier alpha value is -0.510. The first kappa shape index (κ1) is 15.9. The molecule has 1 heterocycles. The molecule has 0 unspecified atom stereocenters. The number of aryl methyl sites for hydroxylation is 1. The van der Waals surface area contributed by atoms with Crippen molar-refractivity contribution >= 4 is 26.0 Å². The highest BCUT2D eigenvalue weighted by Crippen LogP contribution is 2.25. The molecule has 0 atom stereocenters. The topological polar surface area (TPSA) is 103 Å². The molecule has 3 N–H and O–H groups in total. The summed E-state index contributed by atoms with van der Waals surface area (Å²) in [6, 6.07) is 0. The first-order valence-corrected chi connectivity index (χ1v) is 8.95. The number of aromatic nitrogens is 3. The number of nitrogens with zero attached hydrogens (tertiary/aromatic N) is 3. The summed E-state index contributed by atoms with van der Waals surface area (Å²) in [5.41, 5.74) is 5.86. The number of halogens is 1. The van der Waals surface area contributed by atoms with Crippen molar-refractivity contribution in [1.82, 2.24) is 19.7 Å². The summed E-state index contributed by atoms with van der Waals surface area (Å²) in [4.78, 5) is 0. The average Bonchev–Trinajstić information content (AvgIpc) is 2.60. The van der Waals surface area contributed by atoms with Crippen molar-refractivity contribution in [2.24, 2.45) is 12.8 Å². The summed E-state index contributed by atoms with van der Waals surface area (Å²) in [7, 11) is -2.13. The first-order valence-electron chi connectivity index (χ1n) is 6.68. The van der Waals surface area contributed by atoms with E-state index in [1.165, 1.54) is 24.6 Å². The Labute approximate surface area is 127 Å². The molecule has 114 valence electrons. The van der Waals surface area contributed by atoms with Gasteiger partial charge in [-0.05, 0) is 28.8 Å². The average molecular weight is 366 g/mol. The van der Waals surface area contributed by atoms with Crippen LogP contribution in [-0.2, 0) is 17.1 Å². The molecule has 2 rings (SSSR count). The first-order chi connectivity index (χ1) is 9.34. The van der Waals surface area contributed by atoms with Crippen LogP contribution in [0.15, 0.2) is 9.63 Å². The lowest BCUT2D eigenvalue weighted by molar-refractivity contribution is 0.368. The zero-order valence-electron chi connectivity index (χ0n) is 11.5. The van der Waals surface area contributed by atoms with Gasteiger partial charge in [-0.25, -0.2) is 17.8 Å². The van der Waals surface area contributed by atoms with Crippen LogP contribution in [0.3, 0.4) is 0 Å². The maximum Gasteiger partial charge on any atom is 0.260 e. The van der Waals surface area contributed by atoms with Crippen molar-refractivity contribution in [1.29, 1.82) is 0 Å². The van der Waals surface area contributed by atoms with Crippen LogP contribution in [0.1, 0.15) is 38.5 Å². The quantitative estimate of drug-likeness (QED) is 0.771. The lowest BCUT2D eigenvalue weighted by atomic mass is 9.92. The van der Waals surface area contributed by atoms with Gasteiger partial charge in [-0.2, -0.15) is 0 Å². The van der Waals surface area contributed by atoms with E-state index in [-0.39, 0.29) is 16.2 Å². The summed E-state index contributed by atoms with van der Waals surface area (Å²) >= 11 is 3.10. The van der Waals surface area contributed by atoms with Gasteiger partial charge in [0.25, 0.3) is 10.0 Å². The fraction of sp³-hybridized carbons (Fsp3) is 0.818. The summed E-state index contributed by atoms with van der Waals surface area (Å²) < 4.78 is 28.6. The molecule has 0 aromatic carbocycles. The van der Waals surface area contributed by atoms with Gasteiger partial charge in [-0.3, -0.25) is 0 Å². The van der Waals surface area contributed by atoms with E-state index in [0.717, 1.165) is 25.7 Å². The van der Waals surface area contributed by atoms with Gasteiger partial charge < -0.3 is 5.73 Å². The normalized spacial score (nSPS) is 19.8. The summed E-state index contributed by atoms with van der Waals surface area (Å²) in [6.07, 6.45) is 6.14. The van der Waals surface area contributed by atoms with E-state index in [1.54, 1.807) is 0 Å². The molecule has 1 saturated carbocycles. The fourth-order valence-corrected chi connectivity index (χ4v) is 4.75. The molecule has 1 aromatic rings. The van der Waals surface area contributed by atoms with E-state index in [4.69, 9.17) is 5.73 Å². The lowest BCUT2D eigenvalue weighted by Gasteiger charge is -2.28. The van der Waals surface area contributed by atoms with Gasteiger partial charge in [0.2, 0.25) is 5.03 Å². The summed E-state index contributed by atoms with van der Waals surface area (Å²) in [5.74, 6) is 0. The van der Waals surface area contributed by atoms with E-state index >= 15 is 0 Å². The Morgan fingerprint density at radius 2 is 1.95 bits per heavy atom. The van der Waals surface area contributed by atoms with Crippen LogP contribution >= 0.6 is 15.9 Å². The van der Waals surface area contributed by atoms with Crippen molar-refractivity contribution in [2.75, 3.05) is 6.54 Å². The monoisotopic (exact) mass is 365 g/mol. The SMILES string of the molecule is Cn1nnc(Br)c1S(=O)(=O)NCC1(N)CCCCCC1. The standard InChI is InChI=1S/C11H20BrN5O2S/c1-17-10(9(12)15-16-17)20(18,19)14-8-11(13)6-4-2-3-5-7-11/h14H,2-8,13H2,1H3. The smallest absolute Gasteiger partial charge is 0.260 e. The summed E-state index contributed by atoms with van der Waals surface area (Å²) in [5, 5.41) is 7.39. The van der Waals surface area contributed by atoms with Gasteiger partial charge in [0, 0.05) is 19.1 Å². The third-order valence-corrected chi connectivity index (χ3v) is 5.99. The summed E-state index contributed by atoms with van der Waals surface area (Å²) in [6.45, 7) is 0.243. The molecule has 20 heavy (non-hydrogen) atoms. The van der Waals surface area contributed by atoms with E-state index < -0.39 is 15.6 Å². The van der Waals surface area contributed by atoms with Crippen LogP contribution in [0.4, 0.5) is 0 Å². The van der Waals surface area contributed by atoms with Gasteiger partial charge in [0.05, 0.1) is 0 Å². The highest BCUT2D eigenvalue weighted by atomic mass is 79.9. The van der Waals surface area contributed by atoms with E-state index in [2.05, 4.69) is 31.0 Å². The molecule has 0 radical (unpaired) electrons. The molecular formula is C11H20BrN5O2S. The van der Waals surface area contributed by atoms with E-state index in [1.807, 2.05) is 0 Å². The Balaban J connectivity index is 2.09. The Morgan fingerprint density at radius 3 is 2.45 bits per heavy atom. The Kier molecular flexibility index (Phi) is 4.83. The van der Waals surface area contributed by atoms with Gasteiger partial charge in [-0.1, -0.05) is 30.9 Å². The predicted molar refractivity (Wildman–Crippen MR) is 78.5 cm³/mol. The molecule has 1 fully saturated rings. The molecule has 1 aliphatic rings. The van der Waals surface area contributed by atoms with Crippen LogP contribution < -0.4 is 10.5 Å². The minimum Gasteiger partial charge on any atom is -0.324 e. The highest BCUT2D eigenvalue weighted by molar-refractivity contribution is 9.10. The molecule has 1 aliphatic carbocycles. The third-order valence-electron chi connectivity index (χ3n) is 3.71. The number of rotatable bonds is 4. The zero-order chi connectivity index (χ0) is 14.8. The van der Waals surface area contributed by atoms with E-state index in [9.17, 15) is 8.42 Å². The highest BCUT2D eigenvalue weighted by Gasteiger charge is 2.30. The molecule has 7 nitrogen and oxygen atoms in total. The van der Waals surface area contributed by atoms with Crippen molar-refractivity contribution in [3.05, 3.63) is 4.60 Å². The van der Waals surface area contributed by atoms with Crippen molar-refractivity contribution in [3.8, 4) is 0 Å². The number of hydrogen-bond donors (Lipinski definition) is 2. The van der Waals surface area contributed by atoms with Crippen LogP contribution in [0, 0.1) is 0 Å². The fourth-order valence-electron chi connectivity index (χ4n) is 2.52. The van der Waals surface area contributed by atoms with Gasteiger partial charge in [0.15, 0.2) is 4.60 Å². The van der Waals surface area contributed by atoms with Crippen LogP contribution in [0.25, 0.3) is 0 Å². The number of nitrogens with two attached hydrogens (primary N) is 1. The molecule has 9 heteroatoms. The predicted octanol–water partition coefficient (Wildman–Crippen LogP) is 0.908. The molecule has 0 spiro atoms. The van der Waals surface area contributed by atoms with Crippen molar-refractivity contribution in [3.63, 3.8) is 0 Å². The number of hydrogen-bond acceptors (Lipinski definition) is 5. The maximum absolute atomic E-state index is 12.3. The minimum atomic E-state index is -3.67.